The molecule has 2 rings (SSSR count). The van der Waals surface area contributed by atoms with Gasteiger partial charge < -0.3 is 20.1 Å². The summed E-state index contributed by atoms with van der Waals surface area (Å²) in [5.41, 5.74) is 2.97. The molecule has 2 aromatic rings. The van der Waals surface area contributed by atoms with E-state index in [1.807, 2.05) is 6.92 Å². The molecule has 23 heavy (non-hydrogen) atoms. The molecule has 120 valence electrons. The standard InChI is InChI=1S/C16H16N2O5/c1-2-23-12-5-3-10(4-6-12)9-17-18-16(22)11-7-13(19)15(21)14(20)8-11/h3-9,19-21H,2H2,1H3,(H,18,22)/b17-9+. The molecule has 0 saturated carbocycles. The van der Waals surface area contributed by atoms with Gasteiger partial charge in [0.05, 0.1) is 12.8 Å². The Bertz CT molecular complexity index is 703. The van der Waals surface area contributed by atoms with Crippen LogP contribution in [0.15, 0.2) is 41.5 Å². The van der Waals surface area contributed by atoms with Crippen LogP contribution in [0, 0.1) is 0 Å². The Kier molecular flexibility index (Phi) is 5.03. The van der Waals surface area contributed by atoms with E-state index in [0.29, 0.717) is 6.61 Å². The maximum atomic E-state index is 11.8. The van der Waals surface area contributed by atoms with Gasteiger partial charge in [-0.1, -0.05) is 0 Å². The zero-order valence-corrected chi connectivity index (χ0v) is 12.4. The SMILES string of the molecule is CCOc1ccc(/C=N/NC(=O)c2cc(O)c(O)c(O)c2)cc1. The van der Waals surface area contributed by atoms with Gasteiger partial charge in [-0.2, -0.15) is 5.10 Å². The lowest BCUT2D eigenvalue weighted by atomic mass is 10.2. The fourth-order valence-electron chi connectivity index (χ4n) is 1.78. The monoisotopic (exact) mass is 316 g/mol. The van der Waals surface area contributed by atoms with Crippen LogP contribution in [0.2, 0.25) is 0 Å². The van der Waals surface area contributed by atoms with Crippen molar-refractivity contribution in [2.45, 2.75) is 6.92 Å². The average Bonchev–Trinajstić information content (AvgIpc) is 2.54. The molecule has 0 fully saturated rings. The van der Waals surface area contributed by atoms with Crippen LogP contribution in [0.1, 0.15) is 22.8 Å². The second kappa shape index (κ2) is 7.17. The summed E-state index contributed by atoms with van der Waals surface area (Å²) in [6, 6.07) is 9.16. The van der Waals surface area contributed by atoms with Gasteiger partial charge in [0.1, 0.15) is 5.75 Å². The number of carbonyl (C=O) groups is 1. The molecule has 4 N–H and O–H groups in total. The number of aromatic hydroxyl groups is 3. The molecule has 0 atom stereocenters. The number of rotatable bonds is 5. The molecular weight excluding hydrogens is 300 g/mol. The highest BCUT2D eigenvalue weighted by Gasteiger charge is 2.12. The van der Waals surface area contributed by atoms with Crippen LogP contribution in [-0.2, 0) is 0 Å². The maximum absolute atomic E-state index is 11.8. The lowest BCUT2D eigenvalue weighted by molar-refractivity contribution is 0.0954. The molecule has 7 heteroatoms. The van der Waals surface area contributed by atoms with Gasteiger partial charge in [0.2, 0.25) is 0 Å². The van der Waals surface area contributed by atoms with Gasteiger partial charge in [-0.25, -0.2) is 5.43 Å². The van der Waals surface area contributed by atoms with E-state index in [4.69, 9.17) is 4.74 Å². The quantitative estimate of drug-likeness (QED) is 0.383. The number of benzene rings is 2. The van der Waals surface area contributed by atoms with Crippen molar-refractivity contribution in [2.24, 2.45) is 5.10 Å². The van der Waals surface area contributed by atoms with Gasteiger partial charge in [-0.3, -0.25) is 4.79 Å². The van der Waals surface area contributed by atoms with Crippen molar-refractivity contribution in [3.05, 3.63) is 47.5 Å². The highest BCUT2D eigenvalue weighted by Crippen LogP contribution is 2.35. The summed E-state index contributed by atoms with van der Waals surface area (Å²) in [5, 5.41) is 31.7. The Morgan fingerprint density at radius 2 is 1.78 bits per heavy atom. The molecule has 0 radical (unpaired) electrons. The summed E-state index contributed by atoms with van der Waals surface area (Å²) in [6.45, 7) is 2.47. The number of nitrogens with zero attached hydrogens (tertiary/aromatic N) is 1. The van der Waals surface area contributed by atoms with Gasteiger partial charge in [-0.05, 0) is 48.9 Å². The zero-order chi connectivity index (χ0) is 16.8. The molecule has 0 aliphatic carbocycles. The van der Waals surface area contributed by atoms with E-state index >= 15 is 0 Å². The lowest BCUT2D eigenvalue weighted by Gasteiger charge is -2.04. The molecule has 0 spiro atoms. The summed E-state index contributed by atoms with van der Waals surface area (Å²) >= 11 is 0. The number of hydrogen-bond donors (Lipinski definition) is 4. The van der Waals surface area contributed by atoms with Crippen LogP contribution in [0.5, 0.6) is 23.0 Å². The molecule has 1 amide bonds. The average molecular weight is 316 g/mol. The molecule has 0 bridgehead atoms. The van der Waals surface area contributed by atoms with Crippen molar-refractivity contribution in [2.75, 3.05) is 6.61 Å². The van der Waals surface area contributed by atoms with Crippen LogP contribution in [0.3, 0.4) is 0 Å². The Morgan fingerprint density at radius 3 is 2.35 bits per heavy atom. The Balaban J connectivity index is 2.01. The van der Waals surface area contributed by atoms with E-state index in [1.54, 1.807) is 24.3 Å². The van der Waals surface area contributed by atoms with Crippen molar-refractivity contribution >= 4 is 12.1 Å². The number of hydrogen-bond acceptors (Lipinski definition) is 6. The Labute approximate surface area is 132 Å². The summed E-state index contributed by atoms with van der Waals surface area (Å²) < 4.78 is 5.31. The summed E-state index contributed by atoms with van der Waals surface area (Å²) in [6.07, 6.45) is 1.44. The highest BCUT2D eigenvalue weighted by molar-refractivity contribution is 5.96. The van der Waals surface area contributed by atoms with Gasteiger partial charge in [0.15, 0.2) is 17.2 Å². The minimum absolute atomic E-state index is 0.0401. The van der Waals surface area contributed by atoms with Crippen LogP contribution in [0.4, 0.5) is 0 Å². The molecule has 0 heterocycles. The lowest BCUT2D eigenvalue weighted by Crippen LogP contribution is -2.17. The summed E-state index contributed by atoms with van der Waals surface area (Å²) in [7, 11) is 0. The smallest absolute Gasteiger partial charge is 0.271 e. The predicted octanol–water partition coefficient (Wildman–Crippen LogP) is 1.97. The van der Waals surface area contributed by atoms with Crippen molar-refractivity contribution in [3.63, 3.8) is 0 Å². The molecule has 0 aromatic heterocycles. The zero-order valence-electron chi connectivity index (χ0n) is 12.4. The van der Waals surface area contributed by atoms with Gasteiger partial charge in [0.25, 0.3) is 5.91 Å². The van der Waals surface area contributed by atoms with Crippen LogP contribution in [-0.4, -0.2) is 34.0 Å². The minimum Gasteiger partial charge on any atom is -0.504 e. The fourth-order valence-corrected chi connectivity index (χ4v) is 1.78. The first-order valence-electron chi connectivity index (χ1n) is 6.82. The minimum atomic E-state index is -0.681. The molecule has 0 aliphatic rings. The second-order valence-corrected chi connectivity index (χ2v) is 4.56. The van der Waals surface area contributed by atoms with Crippen LogP contribution < -0.4 is 10.2 Å². The van der Waals surface area contributed by atoms with E-state index < -0.39 is 23.2 Å². The Hall–Kier alpha value is -3.22. The van der Waals surface area contributed by atoms with Crippen molar-refractivity contribution in [1.29, 1.82) is 0 Å². The van der Waals surface area contributed by atoms with Crippen molar-refractivity contribution in [3.8, 4) is 23.0 Å². The Morgan fingerprint density at radius 1 is 1.17 bits per heavy atom. The number of ether oxygens (including phenoxy) is 1. The summed E-state index contributed by atoms with van der Waals surface area (Å²) in [5.74, 6) is -1.77. The maximum Gasteiger partial charge on any atom is 0.271 e. The van der Waals surface area contributed by atoms with Gasteiger partial charge in [-0.15, -0.1) is 0 Å². The van der Waals surface area contributed by atoms with E-state index in [0.717, 1.165) is 23.4 Å². The van der Waals surface area contributed by atoms with Crippen LogP contribution in [0.25, 0.3) is 0 Å². The third kappa shape index (κ3) is 4.13. The molecule has 0 saturated heterocycles. The third-order valence-electron chi connectivity index (χ3n) is 2.90. The van der Waals surface area contributed by atoms with Crippen molar-refractivity contribution in [1.82, 2.24) is 5.43 Å². The third-order valence-corrected chi connectivity index (χ3v) is 2.90. The van der Waals surface area contributed by atoms with Gasteiger partial charge >= 0.3 is 0 Å². The van der Waals surface area contributed by atoms with Gasteiger partial charge in [0, 0.05) is 5.56 Å². The number of hydrazone groups is 1. The van der Waals surface area contributed by atoms with Crippen LogP contribution >= 0.6 is 0 Å². The van der Waals surface area contributed by atoms with E-state index in [9.17, 15) is 20.1 Å². The van der Waals surface area contributed by atoms with E-state index in [1.165, 1.54) is 6.21 Å². The van der Waals surface area contributed by atoms with Crippen molar-refractivity contribution < 1.29 is 24.9 Å². The van der Waals surface area contributed by atoms with E-state index in [2.05, 4.69) is 10.5 Å². The topological polar surface area (TPSA) is 111 Å². The first-order chi connectivity index (χ1) is 11.0. The highest BCUT2D eigenvalue weighted by atomic mass is 16.5. The summed E-state index contributed by atoms with van der Waals surface area (Å²) in [4.78, 5) is 11.8. The number of phenolic OH excluding ortho intramolecular Hbond substituents is 3. The number of carbonyl (C=O) groups excluding carboxylic acids is 1. The molecular formula is C16H16N2O5. The number of phenols is 3. The molecule has 0 unspecified atom stereocenters. The van der Waals surface area contributed by atoms with E-state index in [-0.39, 0.29) is 5.56 Å². The number of nitrogens with one attached hydrogen (secondary N) is 1. The molecule has 7 nitrogen and oxygen atoms in total. The first kappa shape index (κ1) is 16.2. The first-order valence-corrected chi connectivity index (χ1v) is 6.82. The largest absolute Gasteiger partial charge is 0.504 e. The molecule has 0 aliphatic heterocycles. The second-order valence-electron chi connectivity index (χ2n) is 4.56. The predicted molar refractivity (Wildman–Crippen MR) is 84.1 cm³/mol. The molecule has 2 aromatic carbocycles. The fraction of sp³-hybridized carbons (Fsp3) is 0.125. The number of amides is 1. The normalized spacial score (nSPS) is 10.7.